The first kappa shape index (κ1) is 49.4. The number of benzene rings is 8. The Kier molecular flexibility index (Phi) is 12.9. The van der Waals surface area contributed by atoms with Crippen LogP contribution in [0.15, 0.2) is 200 Å². The maximum atomic E-state index is 6.78. The van der Waals surface area contributed by atoms with Gasteiger partial charge in [0.25, 0.3) is 0 Å². The van der Waals surface area contributed by atoms with E-state index in [1.807, 2.05) is 18.3 Å². The fraction of sp³-hybridized carbons (Fsp3) is 0.194. The second-order valence-electron chi connectivity index (χ2n) is 21.9. The van der Waals surface area contributed by atoms with Crippen LogP contribution in [0, 0.1) is 18.8 Å². The Morgan fingerprint density at radius 2 is 1.01 bits per heavy atom. The number of nitrogens with zero attached hydrogens (tertiary/aromatic N) is 4. The summed E-state index contributed by atoms with van der Waals surface area (Å²) in [6.45, 7) is 22.9. The molecule has 0 aliphatic carbocycles. The van der Waals surface area contributed by atoms with Gasteiger partial charge in [-0.2, -0.15) is 12.1 Å². The number of rotatable bonds is 11. The molecule has 0 amide bonds. The third-order valence-corrected chi connectivity index (χ3v) is 15.2. The minimum absolute atomic E-state index is 0. The van der Waals surface area contributed by atoms with Crippen molar-refractivity contribution in [3.8, 4) is 17.3 Å². The van der Waals surface area contributed by atoms with Gasteiger partial charge in [0.15, 0.2) is 0 Å². The number of anilines is 4. The zero-order valence-corrected chi connectivity index (χ0v) is 45.4. The molecule has 0 saturated heterocycles. The first-order valence-electron chi connectivity index (χ1n) is 25.1. The van der Waals surface area contributed by atoms with Crippen LogP contribution >= 0.6 is 0 Å². The molecule has 2 aromatic heterocycles. The van der Waals surface area contributed by atoms with Gasteiger partial charge in [0.05, 0.1) is 0 Å². The van der Waals surface area contributed by atoms with Crippen LogP contribution in [0.3, 0.4) is 0 Å². The number of hydrogen-bond donors (Lipinski definition) is 0. The Bertz CT molecular complexity index is 3540. The summed E-state index contributed by atoms with van der Waals surface area (Å²) in [5, 5.41) is 2.22. The summed E-state index contributed by atoms with van der Waals surface area (Å²) < 4.78 is 8.98. The molecular formula is C67H61N4OPt-3. The smallest absolute Gasteiger partial charge is 0.135 e. The summed E-state index contributed by atoms with van der Waals surface area (Å²) in [5.41, 5.74) is 13.9. The summed E-state index contributed by atoms with van der Waals surface area (Å²) in [4.78, 5) is 9.52. The molecule has 11 rings (SSSR count). The molecule has 6 heteroatoms. The van der Waals surface area contributed by atoms with Crippen molar-refractivity contribution in [3.05, 3.63) is 258 Å². The maximum Gasteiger partial charge on any atom is 0.135 e. The molecule has 0 spiro atoms. The topological polar surface area (TPSA) is 33.5 Å². The predicted octanol–water partition coefficient (Wildman–Crippen LogP) is 17.3. The zero-order chi connectivity index (χ0) is 50.0. The van der Waals surface area contributed by atoms with E-state index in [9.17, 15) is 0 Å². The molecule has 0 fully saturated rings. The van der Waals surface area contributed by atoms with Gasteiger partial charge in [-0.1, -0.05) is 189 Å². The Hall–Kier alpha value is -7.20. The summed E-state index contributed by atoms with van der Waals surface area (Å²) in [6, 6.07) is 77.1. The van der Waals surface area contributed by atoms with Gasteiger partial charge >= 0.3 is 0 Å². The number of fused-ring (bicyclic) bond motifs is 4. The fourth-order valence-corrected chi connectivity index (χ4v) is 10.4. The Labute approximate surface area is 446 Å². The summed E-state index contributed by atoms with van der Waals surface area (Å²) in [6.07, 6.45) is 1.91. The third-order valence-electron chi connectivity index (χ3n) is 15.2. The molecule has 368 valence electrons. The van der Waals surface area contributed by atoms with Gasteiger partial charge in [0, 0.05) is 77.6 Å². The van der Waals surface area contributed by atoms with Crippen molar-refractivity contribution in [2.75, 3.05) is 9.80 Å². The summed E-state index contributed by atoms with van der Waals surface area (Å²) in [7, 11) is 0. The van der Waals surface area contributed by atoms with E-state index in [1.54, 1.807) is 0 Å². The minimum atomic E-state index is -0.286. The standard InChI is InChI=1S/C67H61N4O.Pt/c1-64(2,3)49-36-37-68-63(42-49)71-59-31-20-19-30-57(59)58-34-33-56(44-61(58)71)72-55-29-21-28-53(43-55)69-45-70(60-35-32-50(41-62(60)69)65(4,5)46-22-13-10-14-23-46)54-39-51(66(6,7)47-24-15-11-16-25-47)38-52(40-54)67(8,9)48-26-17-12-18-27-48;/h10-42,45H,1-9H3;/q-3;. The van der Waals surface area contributed by atoms with E-state index in [1.165, 1.54) is 38.9 Å². The van der Waals surface area contributed by atoms with Crippen LogP contribution in [0.2, 0.25) is 0 Å². The van der Waals surface area contributed by atoms with Crippen LogP contribution in [0.25, 0.3) is 27.6 Å². The number of hydrogen-bond acceptors (Lipinski definition) is 4. The van der Waals surface area contributed by atoms with Gasteiger partial charge in [0.1, 0.15) is 5.82 Å². The monoisotopic (exact) mass is 1130 g/mol. The van der Waals surface area contributed by atoms with Gasteiger partial charge in [-0.25, -0.2) is 4.98 Å². The molecule has 1 aliphatic rings. The second kappa shape index (κ2) is 19.0. The van der Waals surface area contributed by atoms with Gasteiger partial charge in [-0.15, -0.1) is 48.1 Å². The summed E-state index contributed by atoms with van der Waals surface area (Å²) in [5.74, 6) is 2.03. The van der Waals surface area contributed by atoms with Gasteiger partial charge < -0.3 is 19.1 Å². The van der Waals surface area contributed by atoms with E-state index in [2.05, 4.69) is 277 Å². The SMILES string of the molecule is CC(C)(C)c1ccnc(-n2c3[c-]c(Oc4[c-]c(N5[CH-]N(c6cc(C(C)(C)c7ccccc7)cc(C(C)(C)c7ccccc7)c6)c6ccc(C(C)(C)c7ccccc7)cc65)ccc4)ccc3c3ccccc32)c1.[Pt]. The van der Waals surface area contributed by atoms with Crippen LogP contribution < -0.4 is 14.5 Å². The van der Waals surface area contributed by atoms with E-state index in [0.29, 0.717) is 11.5 Å². The fourth-order valence-electron chi connectivity index (χ4n) is 10.4. The van der Waals surface area contributed by atoms with Crippen molar-refractivity contribution in [3.63, 3.8) is 0 Å². The van der Waals surface area contributed by atoms with Crippen LogP contribution in [-0.4, -0.2) is 9.55 Å². The van der Waals surface area contributed by atoms with E-state index in [-0.39, 0.29) is 42.7 Å². The van der Waals surface area contributed by atoms with Gasteiger partial charge in [-0.3, -0.25) is 0 Å². The molecule has 0 unspecified atom stereocenters. The van der Waals surface area contributed by atoms with E-state index in [0.717, 1.165) is 50.4 Å². The predicted molar refractivity (Wildman–Crippen MR) is 299 cm³/mol. The normalized spacial score (nSPS) is 13.1. The van der Waals surface area contributed by atoms with E-state index < -0.39 is 0 Å². The van der Waals surface area contributed by atoms with Gasteiger partial charge in [0.2, 0.25) is 0 Å². The van der Waals surface area contributed by atoms with Crippen LogP contribution in [-0.2, 0) is 42.7 Å². The molecule has 0 radical (unpaired) electrons. The Balaban J connectivity index is 0.00000611. The number of para-hydroxylation sites is 1. The molecule has 73 heavy (non-hydrogen) atoms. The molecule has 0 bridgehead atoms. The molecule has 3 heterocycles. The van der Waals surface area contributed by atoms with Crippen molar-refractivity contribution < 1.29 is 25.8 Å². The average molecular weight is 1130 g/mol. The zero-order valence-electron chi connectivity index (χ0n) is 43.1. The number of ether oxygens (including phenoxy) is 1. The summed E-state index contributed by atoms with van der Waals surface area (Å²) >= 11 is 0. The molecule has 10 aromatic rings. The average Bonchev–Trinajstić information content (AvgIpc) is 3.95. The number of aromatic nitrogens is 2. The first-order valence-corrected chi connectivity index (χ1v) is 25.1. The van der Waals surface area contributed by atoms with E-state index in [4.69, 9.17) is 9.72 Å². The van der Waals surface area contributed by atoms with Gasteiger partial charge in [-0.05, 0) is 92.2 Å². The Morgan fingerprint density at radius 1 is 0.438 bits per heavy atom. The van der Waals surface area contributed by atoms with Crippen LogP contribution in [0.4, 0.5) is 22.7 Å². The molecule has 1 aliphatic heterocycles. The molecule has 5 nitrogen and oxygen atoms in total. The van der Waals surface area contributed by atoms with Crippen molar-refractivity contribution in [1.29, 1.82) is 0 Å². The molecule has 0 saturated carbocycles. The Morgan fingerprint density at radius 3 is 1.63 bits per heavy atom. The maximum absolute atomic E-state index is 6.78. The second-order valence-corrected chi connectivity index (χ2v) is 21.9. The van der Waals surface area contributed by atoms with Crippen molar-refractivity contribution in [1.82, 2.24) is 9.55 Å². The molecule has 0 atom stereocenters. The molecular weight excluding hydrogens is 1070 g/mol. The van der Waals surface area contributed by atoms with Crippen molar-refractivity contribution in [2.24, 2.45) is 0 Å². The van der Waals surface area contributed by atoms with Crippen LogP contribution in [0.1, 0.15) is 101 Å². The molecule has 8 aromatic carbocycles. The van der Waals surface area contributed by atoms with Crippen LogP contribution in [0.5, 0.6) is 11.5 Å². The van der Waals surface area contributed by atoms with E-state index >= 15 is 0 Å². The molecule has 0 N–H and O–H groups in total. The minimum Gasteiger partial charge on any atom is -0.509 e. The van der Waals surface area contributed by atoms with Crippen molar-refractivity contribution >= 4 is 44.6 Å². The largest absolute Gasteiger partial charge is 0.509 e. The third kappa shape index (κ3) is 9.08. The quantitative estimate of drug-likeness (QED) is 0.121. The number of pyridine rings is 1. The first-order chi connectivity index (χ1) is 34.6. The van der Waals surface area contributed by atoms with Crippen molar-refractivity contribution in [2.45, 2.75) is 84.0 Å².